The van der Waals surface area contributed by atoms with Crippen LogP contribution in [0.5, 0.6) is 0 Å². The molecule has 0 N–H and O–H groups in total. The van der Waals surface area contributed by atoms with Gasteiger partial charge in [-0.15, -0.1) is 0 Å². The molecule has 0 nitrogen and oxygen atoms in total. The molecule has 0 aromatic carbocycles. The number of hydrogen-bond acceptors (Lipinski definition) is 0. The summed E-state index contributed by atoms with van der Waals surface area (Å²) in [6.07, 6.45) is 2.76. The Morgan fingerprint density at radius 1 is 0.846 bits per heavy atom. The molecule has 0 aliphatic heterocycles. The molecule has 0 aromatic heterocycles. The molecule has 0 saturated heterocycles. The van der Waals surface area contributed by atoms with Crippen molar-refractivity contribution in [2.24, 2.45) is 23.2 Å². The summed E-state index contributed by atoms with van der Waals surface area (Å²) in [6.45, 7) is 16.5. The molecule has 0 fully saturated rings. The summed E-state index contributed by atoms with van der Waals surface area (Å²) in [6, 6.07) is 0. The second-order valence-corrected chi connectivity index (χ2v) is 6.19. The van der Waals surface area contributed by atoms with Crippen LogP contribution >= 0.6 is 0 Å². The Hall–Kier alpha value is 0. The van der Waals surface area contributed by atoms with E-state index in [2.05, 4.69) is 48.5 Å². The van der Waals surface area contributed by atoms with Crippen molar-refractivity contribution in [1.82, 2.24) is 0 Å². The molecule has 0 heterocycles. The molecule has 0 aliphatic carbocycles. The molecular formula is C13H28. The third-order valence-corrected chi connectivity index (χ3v) is 2.97. The van der Waals surface area contributed by atoms with Gasteiger partial charge in [-0.05, 0) is 29.6 Å². The first-order valence-electron chi connectivity index (χ1n) is 5.75. The summed E-state index contributed by atoms with van der Waals surface area (Å²) < 4.78 is 0. The smallest absolute Gasteiger partial charge is 0.0342 e. The normalized spacial score (nSPS) is 15.5. The highest BCUT2D eigenvalue weighted by Crippen LogP contribution is 2.36. The van der Waals surface area contributed by atoms with Gasteiger partial charge >= 0.3 is 0 Å². The van der Waals surface area contributed by atoms with Crippen LogP contribution in [-0.2, 0) is 0 Å². The summed E-state index contributed by atoms with van der Waals surface area (Å²) in [5, 5.41) is 0. The lowest BCUT2D eigenvalue weighted by atomic mass is 9.71. The quantitative estimate of drug-likeness (QED) is 0.592. The van der Waals surface area contributed by atoms with Crippen molar-refractivity contribution in [3.63, 3.8) is 0 Å². The standard InChI is InChI=1S/C13H28/c1-10(2)8-9-12(11(3)4)13(5,6)7/h10-12H,8-9H2,1-7H3. The van der Waals surface area contributed by atoms with Gasteiger partial charge in [0.15, 0.2) is 0 Å². The Kier molecular flexibility index (Phi) is 5.02. The average molecular weight is 184 g/mol. The second kappa shape index (κ2) is 5.02. The van der Waals surface area contributed by atoms with Gasteiger partial charge in [-0.2, -0.15) is 0 Å². The molecule has 1 atom stereocenters. The highest BCUT2D eigenvalue weighted by Gasteiger charge is 2.26. The van der Waals surface area contributed by atoms with Gasteiger partial charge in [0.05, 0.1) is 0 Å². The largest absolute Gasteiger partial charge is 0.0628 e. The predicted molar refractivity (Wildman–Crippen MR) is 61.9 cm³/mol. The molecule has 0 amide bonds. The Balaban J connectivity index is 4.12. The van der Waals surface area contributed by atoms with Crippen LogP contribution in [0.15, 0.2) is 0 Å². The minimum absolute atomic E-state index is 0.475. The first kappa shape index (κ1) is 13.0. The minimum Gasteiger partial charge on any atom is -0.0628 e. The van der Waals surface area contributed by atoms with Gasteiger partial charge in [-0.3, -0.25) is 0 Å². The Morgan fingerprint density at radius 2 is 1.31 bits per heavy atom. The fourth-order valence-electron chi connectivity index (χ4n) is 2.28. The van der Waals surface area contributed by atoms with Crippen molar-refractivity contribution in [1.29, 1.82) is 0 Å². The van der Waals surface area contributed by atoms with E-state index in [1.165, 1.54) is 12.8 Å². The van der Waals surface area contributed by atoms with Crippen molar-refractivity contribution in [2.45, 2.75) is 61.3 Å². The molecular weight excluding hydrogens is 156 g/mol. The Morgan fingerprint density at radius 3 is 1.54 bits per heavy atom. The lowest BCUT2D eigenvalue weighted by Crippen LogP contribution is -2.25. The SMILES string of the molecule is CC(C)CCC(C(C)C)C(C)(C)C. The minimum atomic E-state index is 0.475. The molecule has 0 heteroatoms. The summed E-state index contributed by atoms with van der Waals surface area (Å²) >= 11 is 0. The number of hydrogen-bond donors (Lipinski definition) is 0. The van der Waals surface area contributed by atoms with E-state index in [0.717, 1.165) is 17.8 Å². The van der Waals surface area contributed by atoms with Gasteiger partial charge in [0.25, 0.3) is 0 Å². The highest BCUT2D eigenvalue weighted by atomic mass is 14.3. The first-order valence-corrected chi connectivity index (χ1v) is 5.75. The van der Waals surface area contributed by atoms with E-state index in [4.69, 9.17) is 0 Å². The molecule has 80 valence electrons. The third kappa shape index (κ3) is 5.33. The zero-order valence-corrected chi connectivity index (χ0v) is 10.6. The molecule has 0 aliphatic rings. The Bertz CT molecular complexity index is 125. The highest BCUT2D eigenvalue weighted by molar-refractivity contribution is 4.76. The van der Waals surface area contributed by atoms with Gasteiger partial charge < -0.3 is 0 Å². The molecule has 1 unspecified atom stereocenters. The average Bonchev–Trinajstić information content (AvgIpc) is 1.81. The van der Waals surface area contributed by atoms with Gasteiger partial charge in [0, 0.05) is 0 Å². The topological polar surface area (TPSA) is 0 Å². The van der Waals surface area contributed by atoms with Gasteiger partial charge in [-0.25, -0.2) is 0 Å². The fourth-order valence-corrected chi connectivity index (χ4v) is 2.28. The summed E-state index contributed by atoms with van der Waals surface area (Å²) in [4.78, 5) is 0. The van der Waals surface area contributed by atoms with Crippen LogP contribution in [-0.4, -0.2) is 0 Å². The van der Waals surface area contributed by atoms with Crippen molar-refractivity contribution >= 4 is 0 Å². The van der Waals surface area contributed by atoms with Gasteiger partial charge in [0.1, 0.15) is 0 Å². The molecule has 13 heavy (non-hydrogen) atoms. The van der Waals surface area contributed by atoms with Crippen LogP contribution in [0.2, 0.25) is 0 Å². The molecule has 0 rings (SSSR count). The van der Waals surface area contributed by atoms with E-state index in [-0.39, 0.29) is 0 Å². The summed E-state index contributed by atoms with van der Waals surface area (Å²) in [5.74, 6) is 2.54. The van der Waals surface area contributed by atoms with E-state index in [1.54, 1.807) is 0 Å². The van der Waals surface area contributed by atoms with Crippen LogP contribution < -0.4 is 0 Å². The summed E-state index contributed by atoms with van der Waals surface area (Å²) in [5.41, 5.74) is 0.475. The lowest BCUT2D eigenvalue weighted by molar-refractivity contribution is 0.157. The van der Waals surface area contributed by atoms with Crippen LogP contribution in [0.1, 0.15) is 61.3 Å². The zero-order valence-electron chi connectivity index (χ0n) is 10.6. The monoisotopic (exact) mass is 184 g/mol. The molecule has 0 saturated carbocycles. The van der Waals surface area contributed by atoms with Crippen LogP contribution in [0.3, 0.4) is 0 Å². The first-order chi connectivity index (χ1) is 5.75. The van der Waals surface area contributed by atoms with Crippen molar-refractivity contribution in [3.8, 4) is 0 Å². The predicted octanol–water partition coefficient (Wildman–Crippen LogP) is 4.74. The van der Waals surface area contributed by atoms with Gasteiger partial charge in [-0.1, -0.05) is 54.9 Å². The Labute approximate surface area is 85.1 Å². The second-order valence-electron chi connectivity index (χ2n) is 6.19. The number of rotatable bonds is 4. The van der Waals surface area contributed by atoms with Gasteiger partial charge in [0.2, 0.25) is 0 Å². The van der Waals surface area contributed by atoms with E-state index < -0.39 is 0 Å². The van der Waals surface area contributed by atoms with E-state index in [9.17, 15) is 0 Å². The summed E-state index contributed by atoms with van der Waals surface area (Å²) in [7, 11) is 0. The van der Waals surface area contributed by atoms with Crippen molar-refractivity contribution in [3.05, 3.63) is 0 Å². The molecule has 0 spiro atoms. The zero-order chi connectivity index (χ0) is 10.6. The van der Waals surface area contributed by atoms with Crippen LogP contribution in [0.25, 0.3) is 0 Å². The maximum atomic E-state index is 2.37. The lowest BCUT2D eigenvalue weighted by Gasteiger charge is -2.34. The van der Waals surface area contributed by atoms with Crippen molar-refractivity contribution in [2.75, 3.05) is 0 Å². The maximum absolute atomic E-state index is 2.37. The molecule has 0 radical (unpaired) electrons. The van der Waals surface area contributed by atoms with Crippen LogP contribution in [0.4, 0.5) is 0 Å². The molecule has 0 bridgehead atoms. The van der Waals surface area contributed by atoms with E-state index >= 15 is 0 Å². The maximum Gasteiger partial charge on any atom is -0.0342 e. The van der Waals surface area contributed by atoms with E-state index in [0.29, 0.717) is 5.41 Å². The molecule has 0 aromatic rings. The van der Waals surface area contributed by atoms with Crippen LogP contribution in [0, 0.1) is 23.2 Å². The van der Waals surface area contributed by atoms with Crippen molar-refractivity contribution < 1.29 is 0 Å². The third-order valence-electron chi connectivity index (χ3n) is 2.97. The van der Waals surface area contributed by atoms with E-state index in [1.807, 2.05) is 0 Å². The fraction of sp³-hybridized carbons (Fsp3) is 1.00.